The Morgan fingerprint density at radius 3 is 2.32 bits per heavy atom. The summed E-state index contributed by atoms with van der Waals surface area (Å²) in [5.74, 6) is 1.38. The van der Waals surface area contributed by atoms with Gasteiger partial charge < -0.3 is 15.0 Å². The summed E-state index contributed by atoms with van der Waals surface area (Å²) in [6, 6.07) is 17.8. The minimum atomic E-state index is 0.357. The number of rotatable bonds is 4. The first-order chi connectivity index (χ1) is 12.2. The zero-order chi connectivity index (χ0) is 17.2. The molecular formula is C19H17N5O. The van der Waals surface area contributed by atoms with Crippen molar-refractivity contribution in [1.29, 1.82) is 0 Å². The monoisotopic (exact) mass is 331 g/mol. The molecule has 0 saturated heterocycles. The predicted octanol–water partition coefficient (Wildman–Crippen LogP) is 4.51. The fourth-order valence-electron chi connectivity index (χ4n) is 2.60. The van der Waals surface area contributed by atoms with Crippen molar-refractivity contribution in [1.82, 2.24) is 19.9 Å². The number of benzene rings is 2. The zero-order valence-corrected chi connectivity index (χ0v) is 13.9. The smallest absolute Gasteiger partial charge is 0.322 e. The molecule has 0 aliphatic heterocycles. The maximum Gasteiger partial charge on any atom is 0.322 e. The van der Waals surface area contributed by atoms with Crippen LogP contribution in [0.5, 0.6) is 11.8 Å². The van der Waals surface area contributed by atoms with E-state index in [0.29, 0.717) is 17.7 Å². The fraction of sp³-hybridized carbons (Fsp3) is 0.105. The van der Waals surface area contributed by atoms with Crippen LogP contribution in [0.25, 0.3) is 11.0 Å². The average molecular weight is 331 g/mol. The number of hydrogen-bond acceptors (Lipinski definition) is 5. The fourth-order valence-corrected chi connectivity index (χ4v) is 2.60. The van der Waals surface area contributed by atoms with Gasteiger partial charge in [-0.15, -0.1) is 0 Å². The van der Waals surface area contributed by atoms with E-state index in [2.05, 4.69) is 25.3 Å². The number of fused-ring (bicyclic) bond motifs is 1. The highest BCUT2D eigenvalue weighted by Crippen LogP contribution is 2.23. The number of anilines is 2. The maximum absolute atomic E-state index is 5.72. The molecule has 0 aliphatic carbocycles. The molecule has 25 heavy (non-hydrogen) atoms. The van der Waals surface area contributed by atoms with Gasteiger partial charge >= 0.3 is 6.01 Å². The van der Waals surface area contributed by atoms with E-state index >= 15 is 0 Å². The maximum atomic E-state index is 5.72. The van der Waals surface area contributed by atoms with Gasteiger partial charge in [0.25, 0.3) is 0 Å². The molecule has 0 saturated carbocycles. The Bertz CT molecular complexity index is 970. The molecule has 0 atom stereocenters. The molecule has 2 N–H and O–H groups in total. The van der Waals surface area contributed by atoms with Gasteiger partial charge in [-0.3, -0.25) is 0 Å². The number of aromatic amines is 1. The van der Waals surface area contributed by atoms with E-state index < -0.39 is 0 Å². The molecule has 0 amide bonds. The zero-order valence-electron chi connectivity index (χ0n) is 13.9. The second-order valence-electron chi connectivity index (χ2n) is 5.79. The summed E-state index contributed by atoms with van der Waals surface area (Å²) in [5.41, 5.74) is 4.60. The largest absolute Gasteiger partial charge is 0.424 e. The lowest BCUT2D eigenvalue weighted by atomic mass is 10.3. The van der Waals surface area contributed by atoms with Gasteiger partial charge in [0.2, 0.25) is 5.95 Å². The van der Waals surface area contributed by atoms with E-state index in [-0.39, 0.29) is 0 Å². The Labute approximate surface area is 144 Å². The topological polar surface area (TPSA) is 75.7 Å². The van der Waals surface area contributed by atoms with E-state index in [1.807, 2.05) is 68.4 Å². The Morgan fingerprint density at radius 2 is 1.60 bits per heavy atom. The summed E-state index contributed by atoms with van der Waals surface area (Å²) in [5, 5.41) is 3.25. The third kappa shape index (κ3) is 3.42. The van der Waals surface area contributed by atoms with Crippen LogP contribution < -0.4 is 10.1 Å². The van der Waals surface area contributed by atoms with Gasteiger partial charge in [0.1, 0.15) is 5.75 Å². The van der Waals surface area contributed by atoms with Crippen LogP contribution in [0, 0.1) is 13.8 Å². The second kappa shape index (κ2) is 6.24. The Hall–Kier alpha value is -3.41. The molecule has 124 valence electrons. The third-order valence-electron chi connectivity index (χ3n) is 3.68. The van der Waals surface area contributed by atoms with Crippen LogP contribution in [0.15, 0.2) is 54.6 Å². The molecule has 6 nitrogen and oxygen atoms in total. The van der Waals surface area contributed by atoms with Crippen molar-refractivity contribution in [2.24, 2.45) is 0 Å². The lowest BCUT2D eigenvalue weighted by molar-refractivity contribution is 0.439. The number of ether oxygens (including phenoxy) is 1. The van der Waals surface area contributed by atoms with Crippen LogP contribution in [0.4, 0.5) is 11.6 Å². The van der Waals surface area contributed by atoms with Gasteiger partial charge in [-0.2, -0.15) is 0 Å². The highest BCUT2D eigenvalue weighted by Gasteiger charge is 2.05. The Kier molecular flexibility index (Phi) is 3.78. The minimum absolute atomic E-state index is 0.357. The van der Waals surface area contributed by atoms with Crippen LogP contribution >= 0.6 is 0 Å². The normalized spacial score (nSPS) is 10.8. The molecule has 0 fully saturated rings. The van der Waals surface area contributed by atoms with Crippen molar-refractivity contribution in [3.05, 3.63) is 66.0 Å². The van der Waals surface area contributed by atoms with Crippen LogP contribution in [-0.2, 0) is 0 Å². The summed E-state index contributed by atoms with van der Waals surface area (Å²) in [6.45, 7) is 3.84. The van der Waals surface area contributed by atoms with Crippen molar-refractivity contribution in [2.75, 3.05) is 5.32 Å². The number of para-hydroxylation sites is 2. The highest BCUT2D eigenvalue weighted by atomic mass is 16.5. The number of aryl methyl sites for hydroxylation is 2. The molecule has 0 spiro atoms. The lowest BCUT2D eigenvalue weighted by Gasteiger charge is -2.07. The van der Waals surface area contributed by atoms with Crippen molar-refractivity contribution in [3.8, 4) is 11.8 Å². The van der Waals surface area contributed by atoms with E-state index in [0.717, 1.165) is 28.1 Å². The standard InChI is InChI=1S/C19H17N5O/c1-12-11-13(2)21-19(20-12)25-15-9-7-14(8-10-15)22-18-23-16-5-3-4-6-17(16)24-18/h3-11H,1-2H3,(H2,22,23,24). The van der Waals surface area contributed by atoms with Crippen LogP contribution in [0.2, 0.25) is 0 Å². The summed E-state index contributed by atoms with van der Waals surface area (Å²) in [7, 11) is 0. The van der Waals surface area contributed by atoms with E-state index in [4.69, 9.17) is 4.74 Å². The van der Waals surface area contributed by atoms with E-state index in [9.17, 15) is 0 Å². The predicted molar refractivity (Wildman–Crippen MR) is 97.4 cm³/mol. The Morgan fingerprint density at radius 1 is 0.880 bits per heavy atom. The SMILES string of the molecule is Cc1cc(C)nc(Oc2ccc(Nc3nc4ccccc4[nH]3)cc2)n1. The van der Waals surface area contributed by atoms with Crippen molar-refractivity contribution < 1.29 is 4.74 Å². The quantitative estimate of drug-likeness (QED) is 0.575. The summed E-state index contributed by atoms with van der Waals surface area (Å²) in [4.78, 5) is 16.3. The van der Waals surface area contributed by atoms with Gasteiger partial charge in [0.15, 0.2) is 0 Å². The molecule has 2 aromatic carbocycles. The number of nitrogens with one attached hydrogen (secondary N) is 2. The molecule has 0 radical (unpaired) electrons. The van der Waals surface area contributed by atoms with Gasteiger partial charge in [0.05, 0.1) is 11.0 Å². The first kappa shape index (κ1) is 15.1. The number of hydrogen-bond donors (Lipinski definition) is 2. The van der Waals surface area contributed by atoms with Crippen molar-refractivity contribution in [3.63, 3.8) is 0 Å². The number of aromatic nitrogens is 4. The van der Waals surface area contributed by atoms with E-state index in [1.165, 1.54) is 0 Å². The van der Waals surface area contributed by atoms with E-state index in [1.54, 1.807) is 0 Å². The summed E-state index contributed by atoms with van der Waals surface area (Å²) < 4.78 is 5.72. The molecule has 2 aromatic heterocycles. The summed E-state index contributed by atoms with van der Waals surface area (Å²) >= 11 is 0. The molecule has 6 heteroatoms. The molecule has 2 heterocycles. The molecule has 4 aromatic rings. The molecule has 0 unspecified atom stereocenters. The highest BCUT2D eigenvalue weighted by molar-refractivity contribution is 5.78. The first-order valence-corrected chi connectivity index (χ1v) is 7.98. The number of H-pyrrole nitrogens is 1. The molecule has 4 rings (SSSR count). The van der Waals surface area contributed by atoms with Crippen molar-refractivity contribution in [2.45, 2.75) is 13.8 Å². The van der Waals surface area contributed by atoms with Crippen LogP contribution in [0.1, 0.15) is 11.4 Å². The first-order valence-electron chi connectivity index (χ1n) is 7.98. The molecular weight excluding hydrogens is 314 g/mol. The third-order valence-corrected chi connectivity index (χ3v) is 3.68. The lowest BCUT2D eigenvalue weighted by Crippen LogP contribution is -1.96. The minimum Gasteiger partial charge on any atom is -0.424 e. The number of imidazole rings is 1. The van der Waals surface area contributed by atoms with Gasteiger partial charge in [0, 0.05) is 17.1 Å². The van der Waals surface area contributed by atoms with Gasteiger partial charge in [-0.05, 0) is 56.3 Å². The van der Waals surface area contributed by atoms with Crippen molar-refractivity contribution >= 4 is 22.7 Å². The Balaban J connectivity index is 1.49. The molecule has 0 aliphatic rings. The second-order valence-corrected chi connectivity index (χ2v) is 5.79. The van der Waals surface area contributed by atoms with Gasteiger partial charge in [-0.1, -0.05) is 12.1 Å². The summed E-state index contributed by atoms with van der Waals surface area (Å²) in [6.07, 6.45) is 0. The average Bonchev–Trinajstić information content (AvgIpc) is 2.98. The number of nitrogens with zero attached hydrogens (tertiary/aromatic N) is 3. The molecule has 0 bridgehead atoms. The van der Waals surface area contributed by atoms with Gasteiger partial charge in [-0.25, -0.2) is 15.0 Å². The van der Waals surface area contributed by atoms with Crippen LogP contribution in [-0.4, -0.2) is 19.9 Å². The van der Waals surface area contributed by atoms with Crippen LogP contribution in [0.3, 0.4) is 0 Å².